The van der Waals surface area contributed by atoms with Gasteiger partial charge >= 0.3 is 11.9 Å². The molecule has 0 fully saturated rings. The van der Waals surface area contributed by atoms with Crippen LogP contribution in [0.25, 0.3) is 0 Å². The van der Waals surface area contributed by atoms with Crippen molar-refractivity contribution >= 4 is 22.1 Å². The Morgan fingerprint density at radius 2 is 1.87 bits per heavy atom. The topological polar surface area (TPSA) is 118 Å². The molecule has 8 heteroatoms. The van der Waals surface area contributed by atoms with Crippen molar-refractivity contribution in [1.29, 1.82) is 0 Å². The van der Waals surface area contributed by atoms with Crippen molar-refractivity contribution in [3.05, 3.63) is 12.2 Å². The average molecular weight is 350 g/mol. The number of carbonyl (C=O) groups excluding carboxylic acids is 1. The van der Waals surface area contributed by atoms with E-state index in [4.69, 9.17) is 14.4 Å². The molecule has 2 N–H and O–H groups in total. The Bertz CT molecular complexity index is 496. The van der Waals surface area contributed by atoms with E-state index < -0.39 is 33.7 Å². The summed E-state index contributed by atoms with van der Waals surface area (Å²) in [6, 6.07) is 0. The smallest absolute Gasteiger partial charge is 0.327 e. The summed E-state index contributed by atoms with van der Waals surface area (Å²) in [6.07, 6.45) is 7.73. The van der Waals surface area contributed by atoms with E-state index >= 15 is 0 Å². The number of hydrogen-bond donors (Lipinski definition) is 2. The van der Waals surface area contributed by atoms with Crippen molar-refractivity contribution in [2.45, 2.75) is 57.6 Å². The maximum Gasteiger partial charge on any atom is 0.327 e. The van der Waals surface area contributed by atoms with Crippen LogP contribution in [-0.2, 0) is 24.4 Å². The monoisotopic (exact) mass is 350 g/mol. The highest BCUT2D eigenvalue weighted by Crippen LogP contribution is 2.17. The summed E-state index contributed by atoms with van der Waals surface area (Å²) < 4.78 is 35.6. The third-order valence-electron chi connectivity index (χ3n) is 3.48. The van der Waals surface area contributed by atoms with E-state index in [1.54, 1.807) is 6.08 Å². The summed E-state index contributed by atoms with van der Waals surface area (Å²) in [5, 5.41) is 6.47. The Labute approximate surface area is 137 Å². The van der Waals surface area contributed by atoms with E-state index in [0.29, 0.717) is 5.92 Å². The minimum absolute atomic E-state index is 0.158. The first-order chi connectivity index (χ1) is 10.7. The van der Waals surface area contributed by atoms with Crippen LogP contribution in [0.4, 0.5) is 0 Å². The third-order valence-corrected chi connectivity index (χ3v) is 4.56. The maximum absolute atomic E-state index is 11.6. The molecule has 0 aliphatic heterocycles. The van der Waals surface area contributed by atoms with Crippen molar-refractivity contribution in [3.63, 3.8) is 0 Å². The van der Waals surface area contributed by atoms with Crippen molar-refractivity contribution < 1.29 is 32.4 Å². The normalized spacial score (nSPS) is 14.6. The molecule has 0 aliphatic rings. The van der Waals surface area contributed by atoms with Crippen LogP contribution < -0.4 is 0 Å². The number of ether oxygens (including phenoxy) is 1. The number of hydrogen-bond acceptors (Lipinski definition) is 5. The van der Waals surface area contributed by atoms with Gasteiger partial charge in [-0.1, -0.05) is 51.7 Å². The van der Waals surface area contributed by atoms with Gasteiger partial charge in [-0.2, -0.15) is 8.42 Å². The van der Waals surface area contributed by atoms with Gasteiger partial charge in [0.1, 0.15) is 6.61 Å². The highest BCUT2D eigenvalue weighted by Gasteiger charge is 2.34. The number of carboxylic acids is 1. The first-order valence-electron chi connectivity index (χ1n) is 7.72. The number of allylic oxidation sites excluding steroid dienone is 1. The minimum Gasteiger partial charge on any atom is -0.481 e. The summed E-state index contributed by atoms with van der Waals surface area (Å²) in [5.41, 5.74) is 0. The molecule has 0 amide bonds. The molecular formula is C15H26O7S. The highest BCUT2D eigenvalue weighted by molar-refractivity contribution is 7.87. The Morgan fingerprint density at radius 3 is 2.35 bits per heavy atom. The van der Waals surface area contributed by atoms with E-state index in [1.807, 2.05) is 6.08 Å². The molecule has 0 saturated carbocycles. The first kappa shape index (κ1) is 21.6. The van der Waals surface area contributed by atoms with Crippen LogP contribution in [-0.4, -0.2) is 41.9 Å². The lowest BCUT2D eigenvalue weighted by molar-refractivity contribution is -0.146. The van der Waals surface area contributed by atoms with Crippen LogP contribution in [0.1, 0.15) is 52.4 Å². The summed E-state index contributed by atoms with van der Waals surface area (Å²) in [6.45, 7) is 4.08. The highest BCUT2D eigenvalue weighted by atomic mass is 32.2. The van der Waals surface area contributed by atoms with Gasteiger partial charge in [-0.3, -0.25) is 14.1 Å². The molecule has 0 aromatic rings. The van der Waals surface area contributed by atoms with Gasteiger partial charge in [0.25, 0.3) is 10.1 Å². The molecule has 23 heavy (non-hydrogen) atoms. The van der Waals surface area contributed by atoms with Gasteiger partial charge in [0.15, 0.2) is 5.25 Å². The molecular weight excluding hydrogens is 324 g/mol. The van der Waals surface area contributed by atoms with E-state index in [2.05, 4.69) is 13.8 Å². The maximum atomic E-state index is 11.6. The number of esters is 1. The number of aliphatic carboxylic acids is 1. The fourth-order valence-electron chi connectivity index (χ4n) is 2.03. The van der Waals surface area contributed by atoms with Gasteiger partial charge in [-0.25, -0.2) is 0 Å². The molecule has 0 aliphatic carbocycles. The Balaban J connectivity index is 4.35. The molecule has 0 bridgehead atoms. The number of rotatable bonds is 12. The molecule has 2 unspecified atom stereocenters. The molecule has 0 radical (unpaired) electrons. The SMILES string of the molecule is CCCCC(CC)CC=CCOC(=O)C(CC(=O)O)S(=O)(=O)O. The molecule has 0 spiro atoms. The van der Waals surface area contributed by atoms with Crippen LogP contribution in [0.5, 0.6) is 0 Å². The van der Waals surface area contributed by atoms with Gasteiger partial charge in [0, 0.05) is 0 Å². The zero-order valence-electron chi connectivity index (χ0n) is 13.6. The lowest BCUT2D eigenvalue weighted by Crippen LogP contribution is -2.34. The van der Waals surface area contributed by atoms with Gasteiger partial charge < -0.3 is 9.84 Å². The fourth-order valence-corrected chi connectivity index (χ4v) is 2.69. The summed E-state index contributed by atoms with van der Waals surface area (Å²) in [7, 11) is -4.81. The van der Waals surface area contributed by atoms with Crippen LogP contribution in [0.3, 0.4) is 0 Å². The van der Waals surface area contributed by atoms with E-state index in [-0.39, 0.29) is 6.61 Å². The Kier molecular flexibility index (Phi) is 10.5. The number of carbonyl (C=O) groups is 2. The second-order valence-corrected chi connectivity index (χ2v) is 6.95. The largest absolute Gasteiger partial charge is 0.481 e. The lowest BCUT2D eigenvalue weighted by atomic mass is 9.96. The summed E-state index contributed by atoms with van der Waals surface area (Å²) in [4.78, 5) is 22.1. The second-order valence-electron chi connectivity index (χ2n) is 5.36. The molecule has 2 atom stereocenters. The predicted octanol–water partition coefficient (Wildman–Crippen LogP) is 2.42. The minimum atomic E-state index is -4.81. The van der Waals surface area contributed by atoms with Gasteiger partial charge in [-0.15, -0.1) is 0 Å². The van der Waals surface area contributed by atoms with Crippen molar-refractivity contribution in [1.82, 2.24) is 0 Å². The summed E-state index contributed by atoms with van der Waals surface area (Å²) in [5.74, 6) is -2.22. The molecule has 0 heterocycles. The van der Waals surface area contributed by atoms with Crippen LogP contribution in [0, 0.1) is 5.92 Å². The first-order valence-corrected chi connectivity index (χ1v) is 9.22. The van der Waals surface area contributed by atoms with Crippen LogP contribution in [0.2, 0.25) is 0 Å². The number of carboxylic acid groups (broad SMARTS) is 1. The van der Waals surface area contributed by atoms with Crippen molar-refractivity contribution in [2.75, 3.05) is 6.61 Å². The third kappa shape index (κ3) is 10.1. The molecule has 0 rings (SSSR count). The van der Waals surface area contributed by atoms with E-state index in [0.717, 1.165) is 32.1 Å². The van der Waals surface area contributed by atoms with E-state index in [1.165, 1.54) is 0 Å². The molecule has 0 aromatic carbocycles. The molecule has 7 nitrogen and oxygen atoms in total. The van der Waals surface area contributed by atoms with Gasteiger partial charge in [0.2, 0.25) is 0 Å². The van der Waals surface area contributed by atoms with Crippen molar-refractivity contribution in [3.8, 4) is 0 Å². The predicted molar refractivity (Wildman–Crippen MR) is 85.6 cm³/mol. The fraction of sp³-hybridized carbons (Fsp3) is 0.733. The quantitative estimate of drug-likeness (QED) is 0.315. The lowest BCUT2D eigenvalue weighted by Gasteiger charge is -2.12. The number of unbranched alkanes of at least 4 members (excludes halogenated alkanes) is 1. The zero-order chi connectivity index (χ0) is 17.9. The molecule has 0 aromatic heterocycles. The second kappa shape index (κ2) is 11.2. The molecule has 0 saturated heterocycles. The zero-order valence-corrected chi connectivity index (χ0v) is 14.4. The van der Waals surface area contributed by atoms with E-state index in [9.17, 15) is 18.0 Å². The van der Waals surface area contributed by atoms with Crippen molar-refractivity contribution in [2.24, 2.45) is 5.92 Å². The van der Waals surface area contributed by atoms with Gasteiger partial charge in [0.05, 0.1) is 6.42 Å². The standard InChI is InChI=1S/C15H26O7S/c1-3-5-8-12(4-2)9-6-7-10-22-15(18)13(11-14(16)17)23(19,20)21/h6-7,12-13H,3-5,8-11H2,1-2H3,(H,16,17)(H,19,20,21). The molecule has 134 valence electrons. The Hall–Kier alpha value is -1.41. The van der Waals surface area contributed by atoms with Crippen LogP contribution >= 0.6 is 0 Å². The van der Waals surface area contributed by atoms with Gasteiger partial charge in [-0.05, 0) is 12.3 Å². The Morgan fingerprint density at radius 1 is 1.22 bits per heavy atom. The average Bonchev–Trinajstić information content (AvgIpc) is 2.46. The summed E-state index contributed by atoms with van der Waals surface area (Å²) >= 11 is 0. The van der Waals surface area contributed by atoms with Crippen LogP contribution in [0.15, 0.2) is 12.2 Å².